The molecule has 0 saturated carbocycles. The SMILES string of the molecule is CCOC(=O)/C(=C/c1ccc(Cc2cccnc2)cc1)CC. The summed E-state index contributed by atoms with van der Waals surface area (Å²) in [5, 5.41) is 0. The molecule has 0 saturated heterocycles. The fourth-order valence-corrected chi connectivity index (χ4v) is 2.20. The number of esters is 1. The fraction of sp³-hybridized carbons (Fsp3) is 0.263. The Bertz CT molecular complexity index is 630. The van der Waals surface area contributed by atoms with Crippen LogP contribution in [-0.2, 0) is 16.0 Å². The lowest BCUT2D eigenvalue weighted by atomic mass is 10.0. The fourth-order valence-electron chi connectivity index (χ4n) is 2.20. The predicted molar refractivity (Wildman–Crippen MR) is 88.4 cm³/mol. The van der Waals surface area contributed by atoms with E-state index in [9.17, 15) is 4.79 Å². The third-order valence-electron chi connectivity index (χ3n) is 3.37. The summed E-state index contributed by atoms with van der Waals surface area (Å²) < 4.78 is 5.06. The van der Waals surface area contributed by atoms with E-state index in [2.05, 4.69) is 23.2 Å². The van der Waals surface area contributed by atoms with E-state index in [1.165, 1.54) is 11.1 Å². The quantitative estimate of drug-likeness (QED) is 0.596. The maximum Gasteiger partial charge on any atom is 0.333 e. The highest BCUT2D eigenvalue weighted by Crippen LogP contribution is 2.14. The Hall–Kier alpha value is -2.42. The summed E-state index contributed by atoms with van der Waals surface area (Å²) in [5.41, 5.74) is 4.12. The van der Waals surface area contributed by atoms with Crippen LogP contribution >= 0.6 is 0 Å². The normalized spacial score (nSPS) is 11.3. The molecule has 0 bridgehead atoms. The van der Waals surface area contributed by atoms with Gasteiger partial charge in [-0.3, -0.25) is 4.98 Å². The van der Waals surface area contributed by atoms with Crippen molar-refractivity contribution < 1.29 is 9.53 Å². The monoisotopic (exact) mass is 295 g/mol. The summed E-state index contributed by atoms with van der Waals surface area (Å²) in [6, 6.07) is 12.2. The maximum atomic E-state index is 11.8. The first kappa shape index (κ1) is 16.0. The molecule has 0 fully saturated rings. The zero-order chi connectivity index (χ0) is 15.8. The molecule has 2 rings (SSSR count). The first-order valence-electron chi connectivity index (χ1n) is 7.58. The molecular formula is C19H21NO2. The number of rotatable bonds is 6. The van der Waals surface area contributed by atoms with Crippen molar-refractivity contribution in [3.63, 3.8) is 0 Å². The van der Waals surface area contributed by atoms with Gasteiger partial charge in [0, 0.05) is 18.0 Å². The Morgan fingerprint density at radius 2 is 1.91 bits per heavy atom. The van der Waals surface area contributed by atoms with Gasteiger partial charge in [-0.15, -0.1) is 0 Å². The maximum absolute atomic E-state index is 11.8. The lowest BCUT2D eigenvalue weighted by Crippen LogP contribution is -2.06. The van der Waals surface area contributed by atoms with Gasteiger partial charge in [0.25, 0.3) is 0 Å². The molecule has 0 atom stereocenters. The smallest absolute Gasteiger partial charge is 0.333 e. The summed E-state index contributed by atoms with van der Waals surface area (Å²) in [7, 11) is 0. The molecule has 0 spiro atoms. The zero-order valence-corrected chi connectivity index (χ0v) is 13.1. The average Bonchev–Trinajstić information content (AvgIpc) is 2.55. The summed E-state index contributed by atoms with van der Waals surface area (Å²) >= 11 is 0. The van der Waals surface area contributed by atoms with Crippen molar-refractivity contribution in [2.45, 2.75) is 26.7 Å². The molecule has 22 heavy (non-hydrogen) atoms. The molecular weight excluding hydrogens is 274 g/mol. The molecule has 3 nitrogen and oxygen atoms in total. The molecule has 1 heterocycles. The number of benzene rings is 1. The van der Waals surface area contributed by atoms with E-state index < -0.39 is 0 Å². The number of aromatic nitrogens is 1. The minimum atomic E-state index is -0.232. The van der Waals surface area contributed by atoms with Gasteiger partial charge in [0.15, 0.2) is 0 Å². The van der Waals surface area contributed by atoms with Crippen molar-refractivity contribution >= 4 is 12.0 Å². The standard InChI is InChI=1S/C19H21NO2/c1-3-18(19(21)22-4-2)13-16-9-7-15(8-10-16)12-17-6-5-11-20-14-17/h5-11,13-14H,3-4,12H2,1-2H3/b18-13+. The number of pyridine rings is 1. The lowest BCUT2D eigenvalue weighted by Gasteiger charge is -2.05. The molecule has 1 aromatic carbocycles. The number of nitrogens with zero attached hydrogens (tertiary/aromatic N) is 1. The van der Waals surface area contributed by atoms with Crippen LogP contribution in [-0.4, -0.2) is 17.6 Å². The minimum Gasteiger partial charge on any atom is -0.463 e. The molecule has 3 heteroatoms. The minimum absolute atomic E-state index is 0.232. The molecule has 2 aromatic rings. The van der Waals surface area contributed by atoms with Crippen LogP contribution in [0.5, 0.6) is 0 Å². The van der Waals surface area contributed by atoms with E-state index in [1.807, 2.05) is 44.3 Å². The highest BCUT2D eigenvalue weighted by molar-refractivity contribution is 5.93. The molecule has 0 amide bonds. The Kier molecular flexibility index (Phi) is 5.90. The van der Waals surface area contributed by atoms with Gasteiger partial charge in [-0.05, 0) is 48.6 Å². The van der Waals surface area contributed by atoms with E-state index >= 15 is 0 Å². The van der Waals surface area contributed by atoms with Gasteiger partial charge >= 0.3 is 5.97 Å². The van der Waals surface area contributed by atoms with Gasteiger partial charge in [0.05, 0.1) is 6.61 Å². The number of hydrogen-bond donors (Lipinski definition) is 0. The second-order valence-electron chi connectivity index (χ2n) is 5.02. The van der Waals surface area contributed by atoms with E-state index in [0.717, 1.165) is 12.0 Å². The van der Waals surface area contributed by atoms with Gasteiger partial charge in [-0.2, -0.15) is 0 Å². The summed E-state index contributed by atoms with van der Waals surface area (Å²) in [5.74, 6) is -0.232. The molecule has 0 N–H and O–H groups in total. The summed E-state index contributed by atoms with van der Waals surface area (Å²) in [6.45, 7) is 4.18. The Morgan fingerprint density at radius 3 is 2.50 bits per heavy atom. The third kappa shape index (κ3) is 4.55. The van der Waals surface area contributed by atoms with Crippen LogP contribution in [0.2, 0.25) is 0 Å². The van der Waals surface area contributed by atoms with Crippen LogP contribution in [0.15, 0.2) is 54.4 Å². The Morgan fingerprint density at radius 1 is 1.14 bits per heavy atom. The highest BCUT2D eigenvalue weighted by Gasteiger charge is 2.08. The summed E-state index contributed by atoms with van der Waals surface area (Å²) in [4.78, 5) is 15.9. The van der Waals surface area contributed by atoms with Crippen LogP contribution in [0.3, 0.4) is 0 Å². The molecule has 1 aromatic heterocycles. The van der Waals surface area contributed by atoms with Crippen molar-refractivity contribution in [3.05, 3.63) is 71.1 Å². The largest absolute Gasteiger partial charge is 0.463 e. The van der Waals surface area contributed by atoms with Gasteiger partial charge in [-0.25, -0.2) is 4.79 Å². The van der Waals surface area contributed by atoms with Gasteiger partial charge in [0.2, 0.25) is 0 Å². The predicted octanol–water partition coefficient (Wildman–Crippen LogP) is 4.03. The molecule has 0 radical (unpaired) electrons. The Labute approximate surface area is 131 Å². The third-order valence-corrected chi connectivity index (χ3v) is 3.37. The van der Waals surface area contributed by atoms with Crippen LogP contribution in [0.1, 0.15) is 37.0 Å². The molecule has 0 aliphatic rings. The molecule has 0 unspecified atom stereocenters. The van der Waals surface area contributed by atoms with E-state index in [4.69, 9.17) is 4.74 Å². The Balaban J connectivity index is 2.09. The van der Waals surface area contributed by atoms with Crippen molar-refractivity contribution in [2.24, 2.45) is 0 Å². The number of carbonyl (C=O) groups excluding carboxylic acids is 1. The average molecular weight is 295 g/mol. The van der Waals surface area contributed by atoms with Crippen LogP contribution < -0.4 is 0 Å². The topological polar surface area (TPSA) is 39.2 Å². The van der Waals surface area contributed by atoms with Crippen molar-refractivity contribution in [1.29, 1.82) is 0 Å². The number of hydrogen-bond acceptors (Lipinski definition) is 3. The lowest BCUT2D eigenvalue weighted by molar-refractivity contribution is -0.138. The molecule has 114 valence electrons. The van der Waals surface area contributed by atoms with Crippen molar-refractivity contribution in [3.8, 4) is 0 Å². The highest BCUT2D eigenvalue weighted by atomic mass is 16.5. The van der Waals surface area contributed by atoms with Gasteiger partial charge in [-0.1, -0.05) is 37.3 Å². The number of ether oxygens (including phenoxy) is 1. The first-order valence-corrected chi connectivity index (χ1v) is 7.58. The van der Waals surface area contributed by atoms with Crippen molar-refractivity contribution in [1.82, 2.24) is 4.98 Å². The molecule has 0 aliphatic carbocycles. The van der Waals surface area contributed by atoms with Crippen molar-refractivity contribution in [2.75, 3.05) is 6.61 Å². The first-order chi connectivity index (χ1) is 10.7. The number of carbonyl (C=O) groups is 1. The van der Waals surface area contributed by atoms with E-state index in [0.29, 0.717) is 18.6 Å². The second kappa shape index (κ2) is 8.13. The van der Waals surface area contributed by atoms with Gasteiger partial charge in [0.1, 0.15) is 0 Å². The molecule has 0 aliphatic heterocycles. The van der Waals surface area contributed by atoms with Crippen LogP contribution in [0, 0.1) is 0 Å². The zero-order valence-electron chi connectivity index (χ0n) is 13.1. The summed E-state index contributed by atoms with van der Waals surface area (Å²) in [6.07, 6.45) is 7.07. The van der Waals surface area contributed by atoms with E-state index in [1.54, 1.807) is 6.20 Å². The van der Waals surface area contributed by atoms with Gasteiger partial charge < -0.3 is 4.74 Å². The second-order valence-corrected chi connectivity index (χ2v) is 5.02. The van der Waals surface area contributed by atoms with Crippen LogP contribution in [0.25, 0.3) is 6.08 Å². The van der Waals surface area contributed by atoms with Crippen LogP contribution in [0.4, 0.5) is 0 Å². The van der Waals surface area contributed by atoms with E-state index in [-0.39, 0.29) is 5.97 Å².